The molecule has 1 heterocycles. The molecule has 30 heavy (non-hydrogen) atoms. The number of Topliss-reactive ketones (excluding diaryl/α,β-unsaturated/α-hetero) is 1. The van der Waals surface area contributed by atoms with Crippen LogP contribution in [-0.4, -0.2) is 42.0 Å². The van der Waals surface area contributed by atoms with Crippen LogP contribution in [0.4, 0.5) is 0 Å². The summed E-state index contributed by atoms with van der Waals surface area (Å²) < 4.78 is 5.15. The van der Waals surface area contributed by atoms with Crippen molar-refractivity contribution < 1.29 is 19.4 Å². The van der Waals surface area contributed by atoms with E-state index in [1.807, 2.05) is 42.5 Å². The van der Waals surface area contributed by atoms with E-state index in [1.54, 1.807) is 24.3 Å². The number of halogens is 1. The van der Waals surface area contributed by atoms with Crippen LogP contribution in [0.3, 0.4) is 0 Å². The molecule has 1 N–H and O–H groups in total. The van der Waals surface area contributed by atoms with Crippen LogP contribution in [0.15, 0.2) is 72.3 Å². The molecule has 1 amide bonds. The molecule has 1 aliphatic heterocycles. The lowest BCUT2D eigenvalue weighted by Gasteiger charge is -2.26. The van der Waals surface area contributed by atoms with Gasteiger partial charge in [-0.15, -0.1) is 0 Å². The molecular formula is C24H20ClNO4. The van der Waals surface area contributed by atoms with Crippen molar-refractivity contribution >= 4 is 39.8 Å². The van der Waals surface area contributed by atoms with Gasteiger partial charge in [-0.25, -0.2) is 0 Å². The highest BCUT2D eigenvalue weighted by Crippen LogP contribution is 2.41. The molecule has 1 aliphatic rings. The molecule has 6 heteroatoms. The van der Waals surface area contributed by atoms with Gasteiger partial charge in [0, 0.05) is 24.2 Å². The molecule has 0 radical (unpaired) electrons. The van der Waals surface area contributed by atoms with Gasteiger partial charge in [-0.1, -0.05) is 54.1 Å². The van der Waals surface area contributed by atoms with Crippen molar-refractivity contribution in [3.05, 3.63) is 88.5 Å². The van der Waals surface area contributed by atoms with E-state index in [9.17, 15) is 14.7 Å². The number of nitrogens with zero attached hydrogens (tertiary/aromatic N) is 1. The minimum Gasteiger partial charge on any atom is -0.507 e. The number of fused-ring (bicyclic) bond motifs is 1. The monoisotopic (exact) mass is 421 g/mol. The number of ether oxygens (including phenoxy) is 1. The Morgan fingerprint density at radius 3 is 2.47 bits per heavy atom. The third-order valence-electron chi connectivity index (χ3n) is 5.31. The second-order valence-electron chi connectivity index (χ2n) is 7.06. The fourth-order valence-electron chi connectivity index (χ4n) is 3.88. The summed E-state index contributed by atoms with van der Waals surface area (Å²) in [5.74, 6) is -1.58. The number of benzene rings is 3. The van der Waals surface area contributed by atoms with Gasteiger partial charge in [0.15, 0.2) is 0 Å². The highest BCUT2D eigenvalue weighted by Gasteiger charge is 2.46. The van der Waals surface area contributed by atoms with E-state index in [-0.39, 0.29) is 24.5 Å². The average Bonchev–Trinajstić information content (AvgIpc) is 3.02. The van der Waals surface area contributed by atoms with Crippen LogP contribution in [0, 0.1) is 0 Å². The van der Waals surface area contributed by atoms with Crippen LogP contribution in [0.5, 0.6) is 0 Å². The summed E-state index contributed by atoms with van der Waals surface area (Å²) in [4.78, 5) is 27.4. The van der Waals surface area contributed by atoms with Crippen LogP contribution in [0.1, 0.15) is 17.2 Å². The maximum Gasteiger partial charge on any atom is 0.295 e. The molecule has 1 atom stereocenters. The summed E-state index contributed by atoms with van der Waals surface area (Å²) in [5.41, 5.74) is 1.27. The zero-order valence-corrected chi connectivity index (χ0v) is 17.1. The van der Waals surface area contributed by atoms with Crippen LogP contribution in [0.2, 0.25) is 5.02 Å². The Morgan fingerprint density at radius 1 is 1.03 bits per heavy atom. The minimum absolute atomic E-state index is 0.0646. The zero-order valence-electron chi connectivity index (χ0n) is 16.3. The lowest BCUT2D eigenvalue weighted by Crippen LogP contribution is -2.32. The predicted octanol–water partition coefficient (Wildman–Crippen LogP) is 4.56. The number of hydrogen-bond acceptors (Lipinski definition) is 4. The number of aliphatic hydroxyl groups is 1. The number of rotatable bonds is 5. The Labute approximate surface area is 179 Å². The quantitative estimate of drug-likeness (QED) is 0.372. The number of hydrogen-bond donors (Lipinski definition) is 1. The van der Waals surface area contributed by atoms with E-state index in [1.165, 1.54) is 12.0 Å². The van der Waals surface area contributed by atoms with E-state index < -0.39 is 17.7 Å². The maximum atomic E-state index is 13.0. The van der Waals surface area contributed by atoms with Gasteiger partial charge in [0.05, 0.1) is 18.2 Å². The minimum atomic E-state index is -0.720. The van der Waals surface area contributed by atoms with Gasteiger partial charge < -0.3 is 14.7 Å². The second kappa shape index (κ2) is 8.30. The zero-order chi connectivity index (χ0) is 21.3. The van der Waals surface area contributed by atoms with Crippen molar-refractivity contribution in [1.29, 1.82) is 0 Å². The van der Waals surface area contributed by atoms with Crippen LogP contribution < -0.4 is 0 Å². The Bertz CT molecular complexity index is 1150. The van der Waals surface area contributed by atoms with E-state index in [0.29, 0.717) is 10.6 Å². The molecule has 4 rings (SSSR count). The number of amides is 1. The molecule has 0 bridgehead atoms. The maximum absolute atomic E-state index is 13.0. The normalized spacial score (nSPS) is 18.3. The molecule has 3 aromatic rings. The molecule has 0 aromatic heterocycles. The summed E-state index contributed by atoms with van der Waals surface area (Å²) in [6.07, 6.45) is 0. The van der Waals surface area contributed by atoms with Gasteiger partial charge in [-0.2, -0.15) is 0 Å². The number of aliphatic hydroxyl groups excluding tert-OH is 1. The largest absolute Gasteiger partial charge is 0.507 e. The fourth-order valence-corrected chi connectivity index (χ4v) is 4.00. The van der Waals surface area contributed by atoms with Gasteiger partial charge >= 0.3 is 0 Å². The first kappa shape index (κ1) is 20.1. The molecule has 1 fully saturated rings. The molecule has 0 unspecified atom stereocenters. The summed E-state index contributed by atoms with van der Waals surface area (Å²) in [6, 6.07) is 19.3. The topological polar surface area (TPSA) is 66.8 Å². The summed E-state index contributed by atoms with van der Waals surface area (Å²) in [7, 11) is 1.54. The average molecular weight is 422 g/mol. The number of carbonyl (C=O) groups is 2. The molecule has 0 aliphatic carbocycles. The fraction of sp³-hybridized carbons (Fsp3) is 0.167. The van der Waals surface area contributed by atoms with Crippen LogP contribution in [-0.2, 0) is 14.3 Å². The Kier molecular flexibility index (Phi) is 5.57. The van der Waals surface area contributed by atoms with Gasteiger partial charge in [0.25, 0.3) is 11.7 Å². The lowest BCUT2D eigenvalue weighted by molar-refractivity contribution is -0.140. The third kappa shape index (κ3) is 3.47. The first-order valence-electron chi connectivity index (χ1n) is 9.54. The predicted molar refractivity (Wildman–Crippen MR) is 116 cm³/mol. The van der Waals surface area contributed by atoms with Crippen molar-refractivity contribution in [3.63, 3.8) is 0 Å². The first-order valence-corrected chi connectivity index (χ1v) is 9.91. The van der Waals surface area contributed by atoms with Gasteiger partial charge in [0.1, 0.15) is 5.76 Å². The molecular weight excluding hydrogens is 402 g/mol. The molecule has 152 valence electrons. The highest BCUT2D eigenvalue weighted by molar-refractivity contribution is 6.46. The molecule has 1 saturated heterocycles. The molecule has 0 spiro atoms. The van der Waals surface area contributed by atoms with Crippen molar-refractivity contribution in [2.24, 2.45) is 0 Å². The number of likely N-dealkylation sites (tertiary alicyclic amines) is 1. The number of ketones is 1. The number of carbonyl (C=O) groups excluding carboxylic acids is 2. The number of methoxy groups -OCH3 is 1. The Hall–Kier alpha value is -3.15. The van der Waals surface area contributed by atoms with E-state index in [4.69, 9.17) is 16.3 Å². The Morgan fingerprint density at radius 2 is 1.73 bits per heavy atom. The molecule has 5 nitrogen and oxygen atoms in total. The molecule has 0 saturated carbocycles. The Balaban J connectivity index is 1.95. The second-order valence-corrected chi connectivity index (χ2v) is 7.50. The van der Waals surface area contributed by atoms with Crippen molar-refractivity contribution in [2.45, 2.75) is 6.04 Å². The first-order chi connectivity index (χ1) is 14.5. The lowest BCUT2D eigenvalue weighted by atomic mass is 9.91. The van der Waals surface area contributed by atoms with Gasteiger partial charge in [0.2, 0.25) is 0 Å². The van der Waals surface area contributed by atoms with Gasteiger partial charge in [-0.3, -0.25) is 9.59 Å². The van der Waals surface area contributed by atoms with E-state index in [2.05, 4.69) is 0 Å². The summed E-state index contributed by atoms with van der Waals surface area (Å²) in [6.45, 7) is 0.502. The van der Waals surface area contributed by atoms with E-state index in [0.717, 1.165) is 16.3 Å². The summed E-state index contributed by atoms with van der Waals surface area (Å²) in [5, 5.41) is 13.5. The van der Waals surface area contributed by atoms with Crippen molar-refractivity contribution in [2.75, 3.05) is 20.3 Å². The van der Waals surface area contributed by atoms with Gasteiger partial charge in [-0.05, 0) is 40.6 Å². The summed E-state index contributed by atoms with van der Waals surface area (Å²) >= 11 is 5.96. The standard InChI is InChI=1S/C24H20ClNO4/c1-30-14-13-26-21(19-8-4-6-15-5-2-3-7-18(15)19)20(23(28)24(26)29)22(27)16-9-11-17(25)12-10-16/h2-12,21,27H,13-14H2,1H3/t21-/m0/s1. The van der Waals surface area contributed by atoms with E-state index >= 15 is 0 Å². The SMILES string of the molecule is COCCN1C(=O)C(=O)C(=C(O)c2ccc(Cl)cc2)[C@@H]1c1cccc2ccccc12. The van der Waals surface area contributed by atoms with Crippen molar-refractivity contribution in [3.8, 4) is 0 Å². The smallest absolute Gasteiger partial charge is 0.295 e. The van der Waals surface area contributed by atoms with Crippen LogP contribution in [0.25, 0.3) is 16.5 Å². The highest BCUT2D eigenvalue weighted by atomic mass is 35.5. The third-order valence-corrected chi connectivity index (χ3v) is 5.56. The van der Waals surface area contributed by atoms with Crippen LogP contribution >= 0.6 is 11.6 Å². The van der Waals surface area contributed by atoms with Crippen molar-refractivity contribution in [1.82, 2.24) is 4.90 Å². The molecule has 3 aromatic carbocycles.